The van der Waals surface area contributed by atoms with Gasteiger partial charge in [-0.1, -0.05) is 0 Å². The van der Waals surface area contributed by atoms with Crippen LogP contribution in [0.1, 0.15) is 0 Å². The highest BCUT2D eigenvalue weighted by molar-refractivity contribution is 7.91. The van der Waals surface area contributed by atoms with Crippen LogP contribution in [0.4, 0.5) is 4.79 Å². The van der Waals surface area contributed by atoms with Crippen LogP contribution in [0, 0.1) is 0 Å². The molecular weight excluding hydrogens is 308 g/mol. The molecule has 0 saturated carbocycles. The monoisotopic (exact) mass is 314 g/mol. The topological polar surface area (TPSA) is 120 Å². The van der Waals surface area contributed by atoms with E-state index in [-0.39, 0.29) is 0 Å². The van der Waals surface area contributed by atoms with Crippen LogP contribution < -0.4 is 4.74 Å². The summed E-state index contributed by atoms with van der Waals surface area (Å²) in [5, 5.41) is -1.43. The van der Waals surface area contributed by atoms with Gasteiger partial charge in [0.25, 0.3) is 0 Å². The lowest BCUT2D eigenvalue weighted by molar-refractivity contribution is 0.224. The smallest absolute Gasteiger partial charge is 0.409 e. The molecule has 1 aromatic heterocycles. The fourth-order valence-electron chi connectivity index (χ4n) is 0.941. The fraction of sp³-hybridized carbons (Fsp3) is 0.286. The summed E-state index contributed by atoms with van der Waals surface area (Å²) >= 11 is 4.93. The average Bonchev–Trinajstić information content (AvgIpc) is 2.13. The number of hydrogen-bond donors (Lipinski definition) is 0. The van der Waals surface area contributed by atoms with Gasteiger partial charge in [-0.3, -0.25) is 0 Å². The Kier molecular flexibility index (Phi) is 3.93. The Labute approximate surface area is 108 Å². The van der Waals surface area contributed by atoms with E-state index in [1.54, 1.807) is 0 Å². The Morgan fingerprint density at radius 3 is 2.17 bits per heavy atom. The lowest BCUT2D eigenvalue weighted by Gasteiger charge is -2.06. The van der Waals surface area contributed by atoms with Crippen molar-refractivity contribution < 1.29 is 26.4 Å². The molecule has 0 atom stereocenters. The van der Waals surface area contributed by atoms with Crippen LogP contribution in [0.5, 0.6) is 5.75 Å². The number of aromatic nitrogens is 2. The Hall–Kier alpha value is -1.26. The van der Waals surface area contributed by atoms with E-state index in [1.807, 2.05) is 0 Å². The molecule has 100 valence electrons. The molecule has 0 saturated heterocycles. The first-order valence-electron chi connectivity index (χ1n) is 4.16. The van der Waals surface area contributed by atoms with Gasteiger partial charge in [-0.15, -0.1) is 0 Å². The second kappa shape index (κ2) is 4.78. The van der Waals surface area contributed by atoms with Crippen LogP contribution in [-0.2, 0) is 19.7 Å². The molecule has 1 aromatic rings. The SMILES string of the molecule is CS(=O)(=O)c1ncc(OC(=O)Cl)c(S(C)(=O)=O)n1. The lowest BCUT2D eigenvalue weighted by Crippen LogP contribution is -2.12. The van der Waals surface area contributed by atoms with Crippen LogP contribution in [0.25, 0.3) is 0 Å². The van der Waals surface area contributed by atoms with E-state index in [1.165, 1.54) is 0 Å². The van der Waals surface area contributed by atoms with Crippen molar-refractivity contribution in [3.8, 4) is 5.75 Å². The quantitative estimate of drug-likeness (QED) is 0.435. The Bertz CT molecular complexity index is 697. The minimum absolute atomic E-state index is 0.537. The third-order valence-corrected chi connectivity index (χ3v) is 3.51. The van der Waals surface area contributed by atoms with Crippen molar-refractivity contribution in [2.75, 3.05) is 12.5 Å². The number of nitrogens with zero attached hydrogens (tertiary/aromatic N) is 2. The fourth-order valence-corrected chi connectivity index (χ4v) is 2.29. The minimum atomic E-state index is -3.91. The van der Waals surface area contributed by atoms with Crippen molar-refractivity contribution in [3.63, 3.8) is 0 Å². The van der Waals surface area contributed by atoms with Gasteiger partial charge >= 0.3 is 5.43 Å². The molecule has 0 aromatic carbocycles. The highest BCUT2D eigenvalue weighted by atomic mass is 35.5. The third kappa shape index (κ3) is 3.62. The van der Waals surface area contributed by atoms with Crippen molar-refractivity contribution in [1.82, 2.24) is 9.97 Å². The molecule has 18 heavy (non-hydrogen) atoms. The molecule has 0 amide bonds. The van der Waals surface area contributed by atoms with Crippen molar-refractivity contribution in [3.05, 3.63) is 6.20 Å². The number of hydrogen-bond acceptors (Lipinski definition) is 8. The molecule has 1 rings (SSSR count). The summed E-state index contributed by atoms with van der Waals surface area (Å²) in [6, 6.07) is 0. The molecule has 8 nitrogen and oxygen atoms in total. The van der Waals surface area contributed by atoms with E-state index in [0.717, 1.165) is 18.7 Å². The maximum atomic E-state index is 11.4. The predicted molar refractivity (Wildman–Crippen MR) is 60.1 cm³/mol. The zero-order chi connectivity index (χ0) is 14.1. The second-order valence-corrected chi connectivity index (χ2v) is 7.36. The van der Waals surface area contributed by atoms with E-state index in [4.69, 9.17) is 11.6 Å². The number of halogens is 1. The molecule has 0 bridgehead atoms. The standard InChI is InChI=1S/C7H7ClN2O6S2/c1-17(12,13)5-4(16-6(8)11)3-9-7(10-5)18(2,14)15/h3H,1-2H3. The van der Waals surface area contributed by atoms with Crippen LogP contribution in [-0.4, -0.2) is 44.7 Å². The summed E-state index contributed by atoms with van der Waals surface area (Å²) in [7, 11) is -7.70. The molecule has 0 fully saturated rings. The number of sulfone groups is 2. The van der Waals surface area contributed by atoms with Crippen molar-refractivity contribution in [2.45, 2.75) is 10.2 Å². The average molecular weight is 315 g/mol. The first-order chi connectivity index (χ1) is 8.01. The normalized spacial score (nSPS) is 12.2. The summed E-state index contributed by atoms with van der Waals surface area (Å²) in [4.78, 5) is 17.3. The van der Waals surface area contributed by atoms with Crippen LogP contribution >= 0.6 is 11.6 Å². The van der Waals surface area contributed by atoms with Gasteiger partial charge in [0.2, 0.25) is 20.0 Å². The molecule has 1 heterocycles. The molecule has 0 unspecified atom stereocenters. The van der Waals surface area contributed by atoms with Gasteiger partial charge in [0.1, 0.15) is 0 Å². The first kappa shape index (κ1) is 14.8. The van der Waals surface area contributed by atoms with Gasteiger partial charge in [-0.2, -0.15) is 0 Å². The number of rotatable bonds is 3. The summed E-state index contributed by atoms with van der Waals surface area (Å²) in [6.45, 7) is 0. The largest absolute Gasteiger partial charge is 0.410 e. The van der Waals surface area contributed by atoms with Gasteiger partial charge in [-0.25, -0.2) is 31.6 Å². The molecule has 0 aliphatic carbocycles. The zero-order valence-corrected chi connectivity index (χ0v) is 11.5. The van der Waals surface area contributed by atoms with E-state index in [0.29, 0.717) is 0 Å². The minimum Gasteiger partial charge on any atom is -0.410 e. The summed E-state index contributed by atoms with van der Waals surface area (Å²) in [5.41, 5.74) is -1.30. The summed E-state index contributed by atoms with van der Waals surface area (Å²) in [6.07, 6.45) is 2.33. The third-order valence-electron chi connectivity index (χ3n) is 1.57. The predicted octanol–water partition coefficient (Wildman–Crippen LogP) is 0.0212. The van der Waals surface area contributed by atoms with Crippen LogP contribution in [0.15, 0.2) is 16.4 Å². The van der Waals surface area contributed by atoms with Gasteiger partial charge in [0.05, 0.1) is 6.20 Å². The van der Waals surface area contributed by atoms with Crippen molar-refractivity contribution >= 4 is 36.7 Å². The van der Waals surface area contributed by atoms with Gasteiger partial charge in [-0.05, 0) is 0 Å². The summed E-state index contributed by atoms with van der Waals surface area (Å²) < 4.78 is 49.5. The Morgan fingerprint density at radius 2 is 1.78 bits per heavy atom. The number of carbonyl (C=O) groups excluding carboxylic acids is 1. The van der Waals surface area contributed by atoms with Gasteiger partial charge < -0.3 is 4.74 Å². The molecule has 11 heteroatoms. The molecule has 0 spiro atoms. The van der Waals surface area contributed by atoms with Crippen molar-refractivity contribution in [2.24, 2.45) is 0 Å². The zero-order valence-electron chi connectivity index (χ0n) is 9.12. The van der Waals surface area contributed by atoms with Gasteiger partial charge in [0.15, 0.2) is 15.6 Å². The maximum Gasteiger partial charge on any atom is 0.409 e. The second-order valence-electron chi connectivity index (χ2n) is 3.21. The van der Waals surface area contributed by atoms with E-state index in [9.17, 15) is 21.6 Å². The molecule has 0 aliphatic heterocycles. The van der Waals surface area contributed by atoms with Crippen molar-refractivity contribution in [1.29, 1.82) is 0 Å². The highest BCUT2D eigenvalue weighted by Crippen LogP contribution is 2.22. The molecule has 0 radical (unpaired) electrons. The van der Waals surface area contributed by atoms with E-state index in [2.05, 4.69) is 14.7 Å². The number of carbonyl (C=O) groups is 1. The lowest BCUT2D eigenvalue weighted by atomic mass is 10.6. The highest BCUT2D eigenvalue weighted by Gasteiger charge is 2.23. The molecule has 0 aliphatic rings. The van der Waals surface area contributed by atoms with E-state index < -0.39 is 41.0 Å². The molecular formula is C7H7ClN2O6S2. The Balaban J connectivity index is 3.54. The van der Waals surface area contributed by atoms with Crippen LogP contribution in [0.3, 0.4) is 0 Å². The summed E-state index contributed by atoms with van der Waals surface area (Å²) in [5.74, 6) is -0.537. The Morgan fingerprint density at radius 1 is 1.22 bits per heavy atom. The maximum absolute atomic E-state index is 11.4. The first-order valence-corrected chi connectivity index (χ1v) is 8.32. The van der Waals surface area contributed by atoms with Crippen LogP contribution in [0.2, 0.25) is 0 Å². The van der Waals surface area contributed by atoms with Gasteiger partial charge in [0, 0.05) is 24.1 Å². The number of ether oxygens (including phenoxy) is 1. The van der Waals surface area contributed by atoms with E-state index >= 15 is 0 Å². The molecule has 0 N–H and O–H groups in total.